The Morgan fingerprint density at radius 1 is 1.16 bits per heavy atom. The van der Waals surface area contributed by atoms with E-state index in [0.717, 1.165) is 14.5 Å². The van der Waals surface area contributed by atoms with Crippen molar-refractivity contribution in [1.29, 1.82) is 0 Å². The van der Waals surface area contributed by atoms with Gasteiger partial charge in [0.25, 0.3) is 5.91 Å². The fourth-order valence-electron chi connectivity index (χ4n) is 2.75. The minimum atomic E-state index is -3.85. The van der Waals surface area contributed by atoms with Crippen LogP contribution in [0, 0.1) is 12.8 Å². The molecule has 0 heterocycles. The van der Waals surface area contributed by atoms with Crippen molar-refractivity contribution in [3.63, 3.8) is 0 Å². The molecule has 2 aromatic rings. The van der Waals surface area contributed by atoms with E-state index in [2.05, 4.69) is 47.1 Å². The summed E-state index contributed by atoms with van der Waals surface area (Å²) in [6.45, 7) is 5.70. The first-order valence-corrected chi connectivity index (χ1v) is 12.6. The monoisotopic (exact) mass is 573 g/mol. The predicted octanol–water partition coefficient (Wildman–Crippen LogP) is 4.37. The molecular weight excluding hydrogens is 550 g/mol. The van der Waals surface area contributed by atoms with Crippen molar-refractivity contribution in [2.75, 3.05) is 7.11 Å². The van der Waals surface area contributed by atoms with Crippen molar-refractivity contribution in [2.24, 2.45) is 11.0 Å². The van der Waals surface area contributed by atoms with E-state index in [1.807, 2.05) is 20.8 Å². The minimum absolute atomic E-state index is 0.0916. The zero-order valence-corrected chi connectivity index (χ0v) is 21.6. The molecule has 0 saturated heterocycles. The Labute approximate surface area is 200 Å². The first-order chi connectivity index (χ1) is 14.5. The lowest BCUT2D eigenvalue weighted by Crippen LogP contribution is -2.46. The average molecular weight is 575 g/mol. The molecular formula is C21H25Br2N3O4S. The summed E-state index contributed by atoms with van der Waals surface area (Å²) in [5.41, 5.74) is 4.08. The van der Waals surface area contributed by atoms with Crippen LogP contribution in [0.25, 0.3) is 0 Å². The van der Waals surface area contributed by atoms with Crippen LogP contribution in [-0.2, 0) is 14.8 Å². The average Bonchev–Trinajstić information content (AvgIpc) is 2.67. The molecule has 1 atom stereocenters. The van der Waals surface area contributed by atoms with Gasteiger partial charge in [-0.2, -0.15) is 9.82 Å². The SMILES string of the molecule is COc1c(Br)cc(/C=N\NC(=O)[C@@H](CC(C)C)NS(=O)(=O)c2ccc(C)cc2)cc1Br. The molecule has 1 amide bonds. The van der Waals surface area contributed by atoms with Crippen LogP contribution in [0.1, 0.15) is 31.4 Å². The Balaban J connectivity index is 2.14. The molecule has 0 unspecified atom stereocenters. The molecule has 0 aliphatic heterocycles. The lowest BCUT2D eigenvalue weighted by molar-refractivity contribution is -0.123. The summed E-state index contributed by atoms with van der Waals surface area (Å²) in [6, 6.07) is 9.05. The number of methoxy groups -OCH3 is 1. The largest absolute Gasteiger partial charge is 0.494 e. The highest BCUT2D eigenvalue weighted by atomic mass is 79.9. The van der Waals surface area contributed by atoms with Gasteiger partial charge in [-0.3, -0.25) is 4.79 Å². The highest BCUT2D eigenvalue weighted by Crippen LogP contribution is 2.33. The van der Waals surface area contributed by atoms with Gasteiger partial charge >= 0.3 is 0 Å². The smallest absolute Gasteiger partial charge is 0.258 e. The molecule has 10 heteroatoms. The van der Waals surface area contributed by atoms with Crippen LogP contribution in [0.2, 0.25) is 0 Å². The molecule has 0 fully saturated rings. The van der Waals surface area contributed by atoms with Crippen molar-refractivity contribution in [3.8, 4) is 5.75 Å². The van der Waals surface area contributed by atoms with Crippen molar-refractivity contribution in [2.45, 2.75) is 38.1 Å². The number of benzene rings is 2. The first-order valence-electron chi connectivity index (χ1n) is 9.48. The predicted molar refractivity (Wildman–Crippen MR) is 129 cm³/mol. The Kier molecular flexibility index (Phi) is 9.23. The van der Waals surface area contributed by atoms with Crippen molar-refractivity contribution in [1.82, 2.24) is 10.1 Å². The standard InChI is InChI=1S/C21H25Br2N3O4S/c1-13(2)9-19(26-31(28,29)16-7-5-14(3)6-8-16)21(27)25-24-12-15-10-17(22)20(30-4)18(23)11-15/h5-8,10-13,19,26H,9H2,1-4H3,(H,25,27)/b24-12-/t19-/m1/s1. The van der Waals surface area contributed by atoms with Gasteiger partial charge < -0.3 is 4.74 Å². The number of hydrogen-bond donors (Lipinski definition) is 2. The summed E-state index contributed by atoms with van der Waals surface area (Å²) >= 11 is 6.82. The van der Waals surface area contributed by atoms with Crippen LogP contribution >= 0.6 is 31.9 Å². The highest BCUT2D eigenvalue weighted by Gasteiger charge is 2.26. The molecule has 0 radical (unpaired) electrons. The number of nitrogens with zero attached hydrogens (tertiary/aromatic N) is 1. The number of sulfonamides is 1. The van der Waals surface area contributed by atoms with E-state index in [-0.39, 0.29) is 10.8 Å². The third kappa shape index (κ3) is 7.41. The topological polar surface area (TPSA) is 96.9 Å². The van der Waals surface area contributed by atoms with Crippen molar-refractivity contribution in [3.05, 3.63) is 56.5 Å². The summed E-state index contributed by atoms with van der Waals surface area (Å²) in [6.07, 6.45) is 1.79. The van der Waals surface area contributed by atoms with Gasteiger partial charge in [0.05, 0.1) is 27.2 Å². The zero-order chi connectivity index (χ0) is 23.2. The van der Waals surface area contributed by atoms with E-state index < -0.39 is 22.0 Å². The first kappa shape index (κ1) is 25.5. The molecule has 0 spiro atoms. The van der Waals surface area contributed by atoms with Crippen LogP contribution in [0.5, 0.6) is 5.75 Å². The third-order valence-electron chi connectivity index (χ3n) is 4.27. The van der Waals surface area contributed by atoms with Crippen LogP contribution in [-0.4, -0.2) is 33.7 Å². The van der Waals surface area contributed by atoms with Crippen molar-refractivity contribution >= 4 is 54.0 Å². The number of amides is 1. The Bertz CT molecular complexity index is 1030. The molecule has 2 rings (SSSR count). The van der Waals surface area contributed by atoms with Crippen LogP contribution in [0.4, 0.5) is 0 Å². The van der Waals surface area contributed by atoms with E-state index >= 15 is 0 Å². The number of hydrogen-bond acceptors (Lipinski definition) is 5. The molecule has 2 N–H and O–H groups in total. The lowest BCUT2D eigenvalue weighted by Gasteiger charge is -2.19. The minimum Gasteiger partial charge on any atom is -0.494 e. The Morgan fingerprint density at radius 2 is 1.74 bits per heavy atom. The van der Waals surface area contributed by atoms with Gasteiger partial charge in [0.1, 0.15) is 11.8 Å². The fraction of sp³-hybridized carbons (Fsp3) is 0.333. The van der Waals surface area contributed by atoms with E-state index in [0.29, 0.717) is 17.7 Å². The van der Waals surface area contributed by atoms with E-state index in [1.165, 1.54) is 18.3 Å². The third-order valence-corrected chi connectivity index (χ3v) is 6.93. The maximum Gasteiger partial charge on any atom is 0.258 e. The normalized spacial score (nSPS) is 12.9. The summed E-state index contributed by atoms with van der Waals surface area (Å²) in [4.78, 5) is 12.8. The maximum atomic E-state index is 12.7. The van der Waals surface area contributed by atoms with E-state index in [9.17, 15) is 13.2 Å². The van der Waals surface area contributed by atoms with Crippen LogP contribution in [0.15, 0.2) is 55.3 Å². The molecule has 31 heavy (non-hydrogen) atoms. The number of rotatable bonds is 9. The number of aryl methyl sites for hydroxylation is 1. The Morgan fingerprint density at radius 3 is 2.26 bits per heavy atom. The summed E-state index contributed by atoms with van der Waals surface area (Å²) in [7, 11) is -2.29. The second-order valence-electron chi connectivity index (χ2n) is 7.37. The molecule has 2 aromatic carbocycles. The van der Waals surface area contributed by atoms with Gasteiger partial charge in [0, 0.05) is 0 Å². The number of carbonyl (C=O) groups excluding carboxylic acids is 1. The number of ether oxygens (including phenoxy) is 1. The van der Waals surface area contributed by atoms with Gasteiger partial charge in [-0.05, 0) is 81.0 Å². The number of halogens is 2. The summed E-state index contributed by atoms with van der Waals surface area (Å²) in [5, 5.41) is 3.98. The molecule has 0 saturated carbocycles. The molecule has 0 aliphatic rings. The summed E-state index contributed by atoms with van der Waals surface area (Å²) in [5.74, 6) is 0.199. The van der Waals surface area contributed by atoms with Gasteiger partial charge in [-0.1, -0.05) is 31.5 Å². The number of nitrogens with one attached hydrogen (secondary N) is 2. The van der Waals surface area contributed by atoms with E-state index in [1.54, 1.807) is 31.4 Å². The number of hydrazone groups is 1. The quantitative estimate of drug-likeness (QED) is 0.343. The van der Waals surface area contributed by atoms with Gasteiger partial charge in [0.15, 0.2) is 0 Å². The molecule has 0 bridgehead atoms. The van der Waals surface area contributed by atoms with E-state index in [4.69, 9.17) is 4.74 Å². The molecule has 0 aliphatic carbocycles. The zero-order valence-electron chi connectivity index (χ0n) is 17.6. The highest BCUT2D eigenvalue weighted by molar-refractivity contribution is 9.11. The van der Waals surface area contributed by atoms with Gasteiger partial charge in [-0.15, -0.1) is 0 Å². The summed E-state index contributed by atoms with van der Waals surface area (Å²) < 4.78 is 34.6. The second-order valence-corrected chi connectivity index (χ2v) is 10.8. The van der Waals surface area contributed by atoms with Crippen LogP contribution < -0.4 is 14.9 Å². The fourth-order valence-corrected chi connectivity index (χ4v) is 5.50. The molecule has 168 valence electrons. The van der Waals surface area contributed by atoms with Gasteiger partial charge in [0.2, 0.25) is 10.0 Å². The molecule has 0 aromatic heterocycles. The lowest BCUT2D eigenvalue weighted by atomic mass is 10.0. The maximum absolute atomic E-state index is 12.7. The molecule has 7 nitrogen and oxygen atoms in total. The van der Waals surface area contributed by atoms with Gasteiger partial charge in [-0.25, -0.2) is 13.8 Å². The number of carbonyl (C=O) groups is 1. The van der Waals surface area contributed by atoms with Crippen LogP contribution in [0.3, 0.4) is 0 Å². The Hall–Kier alpha value is -1.75. The second kappa shape index (κ2) is 11.2. The van der Waals surface area contributed by atoms with Crippen molar-refractivity contribution < 1.29 is 17.9 Å².